The first-order valence-electron chi connectivity index (χ1n) is 6.80. The highest BCUT2D eigenvalue weighted by Gasteiger charge is 2.13. The number of hydrogen-bond donors (Lipinski definition) is 2. The first-order valence-corrected chi connectivity index (χ1v) is 6.80. The number of anilines is 1. The lowest BCUT2D eigenvalue weighted by atomic mass is 10.1. The van der Waals surface area contributed by atoms with Crippen LogP contribution >= 0.6 is 0 Å². The normalized spacial score (nSPS) is 12.0. The van der Waals surface area contributed by atoms with Crippen molar-refractivity contribution >= 4 is 11.6 Å². The Morgan fingerprint density at radius 1 is 1.00 bits per heavy atom. The molecule has 0 saturated carbocycles. The molecule has 23 heavy (non-hydrogen) atoms. The van der Waals surface area contributed by atoms with E-state index in [1.165, 1.54) is 12.1 Å². The molecule has 0 unspecified atom stereocenters. The van der Waals surface area contributed by atoms with Gasteiger partial charge in [0.2, 0.25) is 5.91 Å². The van der Waals surface area contributed by atoms with Crippen LogP contribution in [0.2, 0.25) is 0 Å². The second-order valence-corrected chi connectivity index (χ2v) is 4.95. The largest absolute Gasteiger partial charge is 0.325 e. The molecule has 2 rings (SSSR count). The number of carbonyl (C=O) groups excluding carboxylic acids is 1. The predicted octanol–water partition coefficient (Wildman–Crippen LogP) is 3.53. The van der Waals surface area contributed by atoms with Crippen molar-refractivity contribution in [2.45, 2.75) is 13.0 Å². The quantitative estimate of drug-likeness (QED) is 0.825. The first kappa shape index (κ1) is 17.0. The predicted molar refractivity (Wildman–Crippen MR) is 77.8 cm³/mol. The number of nitrogens with one attached hydrogen (secondary N) is 2. The molecule has 0 fully saturated rings. The third-order valence-corrected chi connectivity index (χ3v) is 3.20. The van der Waals surface area contributed by atoms with E-state index in [-0.39, 0.29) is 17.8 Å². The van der Waals surface area contributed by atoms with Crippen LogP contribution in [0.5, 0.6) is 0 Å². The molecule has 3 nitrogen and oxygen atoms in total. The summed E-state index contributed by atoms with van der Waals surface area (Å²) >= 11 is 0. The van der Waals surface area contributed by atoms with E-state index in [4.69, 9.17) is 0 Å². The van der Waals surface area contributed by atoms with Gasteiger partial charge in [0.05, 0.1) is 6.54 Å². The van der Waals surface area contributed by atoms with E-state index in [1.807, 2.05) is 0 Å². The van der Waals surface area contributed by atoms with Gasteiger partial charge in [0.15, 0.2) is 11.6 Å². The maximum atomic E-state index is 13.6. The zero-order valence-corrected chi connectivity index (χ0v) is 12.2. The molecule has 0 heterocycles. The third-order valence-electron chi connectivity index (χ3n) is 3.20. The van der Waals surface area contributed by atoms with Crippen molar-refractivity contribution in [3.63, 3.8) is 0 Å². The van der Waals surface area contributed by atoms with E-state index in [0.717, 1.165) is 24.3 Å². The minimum Gasteiger partial charge on any atom is -0.325 e. The fourth-order valence-electron chi connectivity index (χ4n) is 1.99. The summed E-state index contributed by atoms with van der Waals surface area (Å²) in [5.74, 6) is -4.00. The number of carbonyl (C=O) groups is 1. The zero-order valence-electron chi connectivity index (χ0n) is 12.2. The van der Waals surface area contributed by atoms with Gasteiger partial charge in [-0.3, -0.25) is 4.79 Å². The standard InChI is InChI=1S/C16H14F4N2O/c1-9(12-4-2-10(17)6-14(12)19)21-8-16(23)22-11-3-5-13(18)15(20)7-11/h2-7,9,21H,8H2,1H3,(H,22,23)/t9-/m1/s1. The highest BCUT2D eigenvalue weighted by molar-refractivity contribution is 5.92. The summed E-state index contributed by atoms with van der Waals surface area (Å²) in [6, 6.07) is 5.61. The molecule has 0 radical (unpaired) electrons. The molecule has 0 aromatic heterocycles. The summed E-state index contributed by atoms with van der Waals surface area (Å²) < 4.78 is 52.3. The van der Waals surface area contributed by atoms with Crippen molar-refractivity contribution in [1.29, 1.82) is 0 Å². The van der Waals surface area contributed by atoms with Gasteiger partial charge in [-0.2, -0.15) is 0 Å². The third kappa shape index (κ3) is 4.53. The summed E-state index contributed by atoms with van der Waals surface area (Å²) in [6.45, 7) is 1.43. The Morgan fingerprint density at radius 2 is 1.74 bits per heavy atom. The van der Waals surface area contributed by atoms with Crippen molar-refractivity contribution in [3.8, 4) is 0 Å². The molecule has 1 amide bonds. The molecule has 2 aromatic carbocycles. The maximum Gasteiger partial charge on any atom is 0.238 e. The Hall–Kier alpha value is -2.41. The van der Waals surface area contributed by atoms with Crippen LogP contribution in [-0.4, -0.2) is 12.5 Å². The van der Waals surface area contributed by atoms with Crippen LogP contribution in [0.25, 0.3) is 0 Å². The fourth-order valence-corrected chi connectivity index (χ4v) is 1.99. The van der Waals surface area contributed by atoms with Gasteiger partial charge >= 0.3 is 0 Å². The summed E-state index contributed by atoms with van der Waals surface area (Å²) in [6.07, 6.45) is 0. The minimum absolute atomic E-state index is 0.108. The van der Waals surface area contributed by atoms with Crippen molar-refractivity contribution in [2.24, 2.45) is 0 Å². The summed E-state index contributed by atoms with van der Waals surface area (Å²) in [7, 11) is 0. The molecule has 122 valence electrons. The highest BCUT2D eigenvalue weighted by Crippen LogP contribution is 2.17. The molecule has 7 heteroatoms. The monoisotopic (exact) mass is 326 g/mol. The number of rotatable bonds is 5. The molecule has 2 aromatic rings. The number of benzene rings is 2. The van der Waals surface area contributed by atoms with E-state index in [0.29, 0.717) is 0 Å². The fraction of sp³-hybridized carbons (Fsp3) is 0.188. The Kier molecular flexibility index (Phi) is 5.33. The minimum atomic E-state index is -1.07. The van der Waals surface area contributed by atoms with Gasteiger partial charge < -0.3 is 10.6 Å². The van der Waals surface area contributed by atoms with E-state index >= 15 is 0 Å². The van der Waals surface area contributed by atoms with E-state index < -0.39 is 35.2 Å². The molecule has 1 atom stereocenters. The lowest BCUT2D eigenvalue weighted by Crippen LogP contribution is -2.30. The van der Waals surface area contributed by atoms with E-state index in [2.05, 4.69) is 10.6 Å². The Balaban J connectivity index is 1.91. The van der Waals surface area contributed by atoms with Gasteiger partial charge in [0.25, 0.3) is 0 Å². The van der Waals surface area contributed by atoms with Crippen LogP contribution in [-0.2, 0) is 4.79 Å². The Bertz CT molecular complexity index is 721. The molecule has 0 aliphatic heterocycles. The van der Waals surface area contributed by atoms with Gasteiger partial charge in [-0.05, 0) is 25.1 Å². The molecule has 0 spiro atoms. The second-order valence-electron chi connectivity index (χ2n) is 4.95. The van der Waals surface area contributed by atoms with Crippen LogP contribution in [0.3, 0.4) is 0 Å². The van der Waals surface area contributed by atoms with Crippen molar-refractivity contribution in [2.75, 3.05) is 11.9 Å². The van der Waals surface area contributed by atoms with E-state index in [9.17, 15) is 22.4 Å². The molecular formula is C16H14F4N2O. The lowest BCUT2D eigenvalue weighted by molar-refractivity contribution is -0.115. The lowest BCUT2D eigenvalue weighted by Gasteiger charge is -2.15. The maximum absolute atomic E-state index is 13.6. The average Bonchev–Trinajstić information content (AvgIpc) is 2.48. The summed E-state index contributed by atoms with van der Waals surface area (Å²) in [4.78, 5) is 11.7. The molecule has 0 bridgehead atoms. The SMILES string of the molecule is C[C@@H](NCC(=O)Nc1ccc(F)c(F)c1)c1ccc(F)cc1F. The topological polar surface area (TPSA) is 41.1 Å². The van der Waals surface area contributed by atoms with Crippen LogP contribution in [0.15, 0.2) is 36.4 Å². The number of amides is 1. The van der Waals surface area contributed by atoms with E-state index in [1.54, 1.807) is 6.92 Å². The first-order chi connectivity index (χ1) is 10.9. The molecule has 0 aliphatic carbocycles. The van der Waals surface area contributed by atoms with Gasteiger partial charge in [-0.1, -0.05) is 6.07 Å². The Morgan fingerprint density at radius 3 is 2.39 bits per heavy atom. The van der Waals surface area contributed by atoms with Crippen LogP contribution in [0.4, 0.5) is 23.2 Å². The van der Waals surface area contributed by atoms with Crippen molar-refractivity contribution in [3.05, 3.63) is 65.2 Å². The summed E-state index contributed by atoms with van der Waals surface area (Å²) in [5.41, 5.74) is 0.323. The highest BCUT2D eigenvalue weighted by atomic mass is 19.2. The second kappa shape index (κ2) is 7.23. The number of halogens is 4. The average molecular weight is 326 g/mol. The van der Waals surface area contributed by atoms with Gasteiger partial charge in [0, 0.05) is 29.4 Å². The van der Waals surface area contributed by atoms with Gasteiger partial charge in [0.1, 0.15) is 11.6 Å². The molecular weight excluding hydrogens is 312 g/mol. The van der Waals surface area contributed by atoms with Crippen LogP contribution < -0.4 is 10.6 Å². The molecule has 0 saturated heterocycles. The molecule has 0 aliphatic rings. The van der Waals surface area contributed by atoms with Crippen molar-refractivity contribution < 1.29 is 22.4 Å². The van der Waals surface area contributed by atoms with Gasteiger partial charge in [-0.25, -0.2) is 17.6 Å². The smallest absolute Gasteiger partial charge is 0.238 e. The zero-order chi connectivity index (χ0) is 17.0. The van der Waals surface area contributed by atoms with Crippen molar-refractivity contribution in [1.82, 2.24) is 5.32 Å². The molecule has 2 N–H and O–H groups in total. The summed E-state index contributed by atoms with van der Waals surface area (Å²) in [5, 5.41) is 5.14. The Labute approximate surface area is 130 Å². The van der Waals surface area contributed by atoms with Gasteiger partial charge in [-0.15, -0.1) is 0 Å². The van der Waals surface area contributed by atoms with Crippen LogP contribution in [0.1, 0.15) is 18.5 Å². The number of hydrogen-bond acceptors (Lipinski definition) is 2. The van der Waals surface area contributed by atoms with Crippen LogP contribution in [0, 0.1) is 23.3 Å².